The summed E-state index contributed by atoms with van der Waals surface area (Å²) in [4.78, 5) is 31.5. The summed E-state index contributed by atoms with van der Waals surface area (Å²) in [6.45, 7) is 3.74. The van der Waals surface area contributed by atoms with Crippen LogP contribution in [0.3, 0.4) is 0 Å². The van der Waals surface area contributed by atoms with Crippen molar-refractivity contribution in [2.75, 3.05) is 27.9 Å². The number of phenols is 1. The normalized spacial score (nSPS) is 21.4. The van der Waals surface area contributed by atoms with E-state index < -0.39 is 17.8 Å². The molecule has 8 heteroatoms. The third kappa shape index (κ3) is 4.55. The molecule has 36 heavy (non-hydrogen) atoms. The van der Waals surface area contributed by atoms with Gasteiger partial charge >= 0.3 is 5.97 Å². The summed E-state index contributed by atoms with van der Waals surface area (Å²) >= 11 is 0. The summed E-state index contributed by atoms with van der Waals surface area (Å²) in [6.07, 6.45) is 0.791. The van der Waals surface area contributed by atoms with E-state index in [0.717, 1.165) is 5.56 Å². The lowest BCUT2D eigenvalue weighted by Crippen LogP contribution is -2.38. The molecule has 0 saturated carbocycles. The van der Waals surface area contributed by atoms with Crippen molar-refractivity contribution in [1.82, 2.24) is 0 Å². The quantitative estimate of drug-likeness (QED) is 0.564. The number of carbonyl (C=O) groups excluding carboxylic acids is 2. The third-order valence-corrected chi connectivity index (χ3v) is 6.87. The molecule has 2 aromatic carbocycles. The maximum absolute atomic E-state index is 13.7. The fourth-order valence-electron chi connectivity index (χ4n) is 5.20. The molecule has 8 nitrogen and oxygen atoms in total. The van der Waals surface area contributed by atoms with E-state index >= 15 is 0 Å². The monoisotopic (exact) mass is 493 g/mol. The Balaban J connectivity index is 1.79. The minimum atomic E-state index is -0.766. The number of methoxy groups -OCH3 is 3. The van der Waals surface area contributed by atoms with Gasteiger partial charge in [-0.15, -0.1) is 0 Å². The Labute approximate surface area is 210 Å². The standard InChI is InChI=1S/C28H31NO7/c1-6-36-28(32)25-15(2)29-19-11-18(16-7-10-23(34-4)24(14-16)35-5)13-21(31)27(19)26(25)17-8-9-22(33-3)20(30)12-17/h7-10,12,14,18,25-26,30H,6,11,13H2,1-5H3/t18-,25?,26+/m0/s1. The van der Waals surface area contributed by atoms with Gasteiger partial charge in [0.25, 0.3) is 0 Å². The van der Waals surface area contributed by atoms with Crippen molar-refractivity contribution in [3.63, 3.8) is 0 Å². The lowest BCUT2D eigenvalue weighted by molar-refractivity contribution is -0.146. The SMILES string of the molecule is CCOC(=O)C1C(C)=NC2=C(C(=O)C[C@@H](c3ccc(OC)c(OC)c3)C2)[C@@H]1c1ccc(OC)c(O)c1. The number of esters is 1. The molecule has 0 fully saturated rings. The molecule has 1 N–H and O–H groups in total. The summed E-state index contributed by atoms with van der Waals surface area (Å²) in [6, 6.07) is 10.6. The second-order valence-electron chi connectivity index (χ2n) is 8.89. The van der Waals surface area contributed by atoms with Gasteiger partial charge in [0.05, 0.1) is 27.9 Å². The summed E-state index contributed by atoms with van der Waals surface area (Å²) in [5.41, 5.74) is 3.31. The highest BCUT2D eigenvalue weighted by Gasteiger charge is 2.45. The molecule has 0 radical (unpaired) electrons. The van der Waals surface area contributed by atoms with Crippen LogP contribution in [-0.2, 0) is 14.3 Å². The average molecular weight is 494 g/mol. The highest BCUT2D eigenvalue weighted by atomic mass is 16.5. The van der Waals surface area contributed by atoms with Crippen molar-refractivity contribution < 1.29 is 33.6 Å². The summed E-state index contributed by atoms with van der Waals surface area (Å²) < 4.78 is 21.3. The number of hydrogen-bond acceptors (Lipinski definition) is 8. The summed E-state index contributed by atoms with van der Waals surface area (Å²) in [7, 11) is 4.62. The van der Waals surface area contributed by atoms with Gasteiger partial charge in [-0.05, 0) is 61.6 Å². The van der Waals surface area contributed by atoms with Crippen LogP contribution in [0.2, 0.25) is 0 Å². The van der Waals surface area contributed by atoms with E-state index in [2.05, 4.69) is 0 Å². The molecule has 4 rings (SSSR count). The maximum Gasteiger partial charge on any atom is 0.315 e. The molecule has 2 aromatic rings. The van der Waals surface area contributed by atoms with Crippen LogP contribution >= 0.6 is 0 Å². The second kappa shape index (κ2) is 10.4. The number of ketones is 1. The second-order valence-corrected chi connectivity index (χ2v) is 8.89. The number of allylic oxidation sites excluding steroid dienone is 2. The van der Waals surface area contributed by atoms with Gasteiger partial charge in [0, 0.05) is 29.3 Å². The summed E-state index contributed by atoms with van der Waals surface area (Å²) in [5.74, 6) is -0.549. The first-order chi connectivity index (χ1) is 17.3. The van der Waals surface area contributed by atoms with Gasteiger partial charge in [0.15, 0.2) is 28.8 Å². The number of hydrogen-bond donors (Lipinski definition) is 1. The maximum atomic E-state index is 13.7. The molecule has 0 bridgehead atoms. The highest BCUT2D eigenvalue weighted by Crippen LogP contribution is 2.48. The molecule has 0 spiro atoms. The van der Waals surface area contributed by atoms with Crippen LogP contribution < -0.4 is 14.2 Å². The zero-order valence-electron chi connectivity index (χ0n) is 21.2. The molecule has 1 aliphatic carbocycles. The van der Waals surface area contributed by atoms with Gasteiger partial charge in [-0.25, -0.2) is 0 Å². The lowest BCUT2D eigenvalue weighted by atomic mass is 9.69. The van der Waals surface area contributed by atoms with Crippen LogP contribution in [-0.4, -0.2) is 50.5 Å². The summed E-state index contributed by atoms with van der Waals surface area (Å²) in [5, 5.41) is 10.5. The lowest BCUT2D eigenvalue weighted by Gasteiger charge is -2.36. The molecule has 0 saturated heterocycles. The molecule has 2 aliphatic rings. The van der Waals surface area contributed by atoms with Crippen molar-refractivity contribution in [1.29, 1.82) is 0 Å². The smallest absolute Gasteiger partial charge is 0.315 e. The predicted molar refractivity (Wildman–Crippen MR) is 134 cm³/mol. The predicted octanol–water partition coefficient (Wildman–Crippen LogP) is 4.56. The van der Waals surface area contributed by atoms with Crippen LogP contribution in [0.15, 0.2) is 52.7 Å². The van der Waals surface area contributed by atoms with Crippen LogP contribution in [0.1, 0.15) is 49.7 Å². The Kier molecular flexibility index (Phi) is 7.33. The topological polar surface area (TPSA) is 104 Å². The van der Waals surface area contributed by atoms with Crippen LogP contribution in [0.25, 0.3) is 0 Å². The number of rotatable bonds is 7. The van der Waals surface area contributed by atoms with Crippen molar-refractivity contribution in [3.8, 4) is 23.0 Å². The molecule has 0 amide bonds. The van der Waals surface area contributed by atoms with Crippen molar-refractivity contribution in [2.24, 2.45) is 10.9 Å². The number of aromatic hydroxyl groups is 1. The largest absolute Gasteiger partial charge is 0.504 e. The fraction of sp³-hybridized carbons (Fsp3) is 0.393. The van der Waals surface area contributed by atoms with Gasteiger partial charge in [-0.3, -0.25) is 14.6 Å². The molecular formula is C28H31NO7. The van der Waals surface area contributed by atoms with Gasteiger partial charge in [0.1, 0.15) is 5.92 Å². The highest BCUT2D eigenvalue weighted by molar-refractivity contribution is 6.09. The number of Topliss-reactive ketones (excluding diaryl/α,β-unsaturated/α-hetero) is 1. The Morgan fingerprint density at radius 3 is 2.28 bits per heavy atom. The number of phenolic OH excluding ortho intramolecular Hbond substituents is 1. The number of carbonyl (C=O) groups is 2. The van der Waals surface area contributed by atoms with E-state index in [1.807, 2.05) is 18.2 Å². The average Bonchev–Trinajstić information content (AvgIpc) is 2.87. The Morgan fingerprint density at radius 1 is 0.972 bits per heavy atom. The fourth-order valence-corrected chi connectivity index (χ4v) is 5.20. The Hall–Kier alpha value is -3.81. The van der Waals surface area contributed by atoms with Crippen LogP contribution in [0.4, 0.5) is 0 Å². The van der Waals surface area contributed by atoms with E-state index in [1.54, 1.807) is 46.3 Å². The van der Waals surface area contributed by atoms with E-state index in [-0.39, 0.29) is 30.5 Å². The van der Waals surface area contributed by atoms with Crippen LogP contribution in [0, 0.1) is 5.92 Å². The Bertz CT molecular complexity index is 1250. The van der Waals surface area contributed by atoms with Gasteiger partial charge in [-0.1, -0.05) is 12.1 Å². The molecular weight excluding hydrogens is 462 g/mol. The van der Waals surface area contributed by atoms with Crippen LogP contribution in [0.5, 0.6) is 23.0 Å². The minimum absolute atomic E-state index is 0.0635. The number of benzene rings is 2. The van der Waals surface area contributed by atoms with E-state index in [0.29, 0.717) is 46.2 Å². The number of nitrogens with zero attached hydrogens (tertiary/aromatic N) is 1. The molecule has 190 valence electrons. The van der Waals surface area contributed by atoms with Gasteiger partial charge in [-0.2, -0.15) is 0 Å². The molecule has 1 heterocycles. The first kappa shape index (κ1) is 25.3. The number of ether oxygens (including phenoxy) is 4. The molecule has 1 unspecified atom stereocenters. The van der Waals surface area contributed by atoms with E-state index in [1.165, 1.54) is 7.11 Å². The van der Waals surface area contributed by atoms with Crippen molar-refractivity contribution in [3.05, 3.63) is 58.8 Å². The van der Waals surface area contributed by atoms with Crippen molar-refractivity contribution in [2.45, 2.75) is 38.5 Å². The third-order valence-electron chi connectivity index (χ3n) is 6.87. The number of aliphatic imine (C=N–C) groups is 1. The molecule has 3 atom stereocenters. The minimum Gasteiger partial charge on any atom is -0.504 e. The van der Waals surface area contributed by atoms with Gasteiger partial charge < -0.3 is 24.1 Å². The van der Waals surface area contributed by atoms with Gasteiger partial charge in [0.2, 0.25) is 0 Å². The van der Waals surface area contributed by atoms with E-state index in [4.69, 9.17) is 23.9 Å². The first-order valence-corrected chi connectivity index (χ1v) is 11.9. The molecule has 0 aromatic heterocycles. The first-order valence-electron chi connectivity index (χ1n) is 11.9. The zero-order valence-corrected chi connectivity index (χ0v) is 21.2. The van der Waals surface area contributed by atoms with E-state index in [9.17, 15) is 14.7 Å². The zero-order chi connectivity index (χ0) is 26.0. The Morgan fingerprint density at radius 2 is 1.64 bits per heavy atom. The van der Waals surface area contributed by atoms with Crippen molar-refractivity contribution >= 4 is 17.5 Å². The molecule has 1 aliphatic heterocycles.